The molecule has 16 heavy (non-hydrogen) atoms. The topological polar surface area (TPSA) is 47.3 Å². The molecule has 1 saturated heterocycles. The quantitative estimate of drug-likeness (QED) is 0.801. The van der Waals surface area contributed by atoms with E-state index in [9.17, 15) is 0 Å². The molecule has 0 radical (unpaired) electrons. The summed E-state index contributed by atoms with van der Waals surface area (Å²) in [6.07, 6.45) is 6.34. The van der Waals surface area contributed by atoms with Gasteiger partial charge in [-0.05, 0) is 25.8 Å². The average molecular weight is 224 g/mol. The van der Waals surface area contributed by atoms with Crippen LogP contribution in [0.4, 0.5) is 0 Å². The van der Waals surface area contributed by atoms with Crippen molar-refractivity contribution in [3.05, 3.63) is 17.8 Å². The lowest BCUT2D eigenvalue weighted by molar-refractivity contribution is 0.103. The van der Waals surface area contributed by atoms with Crippen LogP contribution in [0.3, 0.4) is 0 Å². The Morgan fingerprint density at radius 1 is 1.56 bits per heavy atom. The Morgan fingerprint density at radius 2 is 2.50 bits per heavy atom. The van der Waals surface area contributed by atoms with Crippen LogP contribution in [0.2, 0.25) is 0 Å². The van der Waals surface area contributed by atoms with Gasteiger partial charge in [0.05, 0.1) is 11.8 Å². The van der Waals surface area contributed by atoms with Crippen LogP contribution in [0, 0.1) is 0 Å². The Labute approximate surface area is 96.4 Å². The molecule has 4 heteroatoms. The molecule has 0 saturated carbocycles. The molecule has 1 aliphatic rings. The molecule has 0 spiro atoms. The van der Waals surface area contributed by atoms with Gasteiger partial charge in [0.2, 0.25) is 0 Å². The van der Waals surface area contributed by atoms with Gasteiger partial charge in [-0.2, -0.15) is 0 Å². The van der Waals surface area contributed by atoms with Crippen molar-refractivity contribution in [2.45, 2.75) is 45.3 Å². The Hall–Kier alpha value is -0.870. The van der Waals surface area contributed by atoms with E-state index in [-0.39, 0.29) is 0 Å². The van der Waals surface area contributed by atoms with Crippen LogP contribution < -0.4 is 5.32 Å². The molecule has 1 unspecified atom stereocenters. The molecule has 1 N–H and O–H groups in total. The van der Waals surface area contributed by atoms with E-state index in [0.717, 1.165) is 44.0 Å². The molecular weight excluding hydrogens is 204 g/mol. The predicted molar refractivity (Wildman–Crippen MR) is 61.2 cm³/mol. The van der Waals surface area contributed by atoms with E-state index in [1.807, 2.05) is 0 Å². The van der Waals surface area contributed by atoms with Crippen LogP contribution >= 0.6 is 0 Å². The molecule has 1 aromatic heterocycles. The van der Waals surface area contributed by atoms with E-state index in [1.165, 1.54) is 19.2 Å². The van der Waals surface area contributed by atoms with E-state index in [1.54, 1.807) is 0 Å². The minimum absolute atomic E-state index is 0.428. The zero-order valence-electron chi connectivity index (χ0n) is 9.87. The molecular formula is C12H20N2O2. The number of rotatable bonds is 6. The second kappa shape index (κ2) is 6.01. The SMILES string of the molecule is CCNCc1ncoc1CCC1CCCO1. The molecule has 0 amide bonds. The van der Waals surface area contributed by atoms with Gasteiger partial charge in [0.15, 0.2) is 6.39 Å². The van der Waals surface area contributed by atoms with Crippen molar-refractivity contribution in [2.75, 3.05) is 13.2 Å². The summed E-state index contributed by atoms with van der Waals surface area (Å²) in [6, 6.07) is 0. The van der Waals surface area contributed by atoms with E-state index >= 15 is 0 Å². The second-order valence-electron chi connectivity index (χ2n) is 4.18. The molecule has 1 fully saturated rings. The van der Waals surface area contributed by atoms with Crippen LogP contribution in [0.15, 0.2) is 10.8 Å². The van der Waals surface area contributed by atoms with Gasteiger partial charge in [-0.15, -0.1) is 0 Å². The fourth-order valence-corrected chi connectivity index (χ4v) is 2.05. The Kier molecular flexibility index (Phi) is 4.36. The maximum absolute atomic E-state index is 5.59. The maximum atomic E-state index is 5.59. The summed E-state index contributed by atoms with van der Waals surface area (Å²) in [5, 5.41) is 3.27. The number of oxazole rings is 1. The maximum Gasteiger partial charge on any atom is 0.181 e. The zero-order valence-corrected chi connectivity index (χ0v) is 9.87. The normalized spacial score (nSPS) is 20.4. The first-order valence-corrected chi connectivity index (χ1v) is 6.13. The van der Waals surface area contributed by atoms with Gasteiger partial charge in [-0.25, -0.2) is 4.98 Å². The minimum Gasteiger partial charge on any atom is -0.448 e. The zero-order chi connectivity index (χ0) is 11.2. The van der Waals surface area contributed by atoms with Crippen molar-refractivity contribution < 1.29 is 9.15 Å². The summed E-state index contributed by atoms with van der Waals surface area (Å²) in [5.41, 5.74) is 1.04. The van der Waals surface area contributed by atoms with Crippen molar-refractivity contribution in [1.82, 2.24) is 10.3 Å². The first-order valence-electron chi connectivity index (χ1n) is 6.13. The number of hydrogen-bond acceptors (Lipinski definition) is 4. The second-order valence-corrected chi connectivity index (χ2v) is 4.18. The molecule has 2 heterocycles. The molecule has 1 atom stereocenters. The Morgan fingerprint density at radius 3 is 3.25 bits per heavy atom. The summed E-state index contributed by atoms with van der Waals surface area (Å²) in [5.74, 6) is 1.01. The molecule has 0 bridgehead atoms. The first-order chi connectivity index (χ1) is 7.90. The number of ether oxygens (including phenoxy) is 1. The van der Waals surface area contributed by atoms with Crippen LogP contribution in [0.25, 0.3) is 0 Å². The molecule has 1 aliphatic heterocycles. The first kappa shape index (κ1) is 11.6. The molecule has 90 valence electrons. The van der Waals surface area contributed by atoms with Crippen molar-refractivity contribution in [1.29, 1.82) is 0 Å². The fourth-order valence-electron chi connectivity index (χ4n) is 2.05. The third kappa shape index (κ3) is 3.06. The van der Waals surface area contributed by atoms with Gasteiger partial charge in [0.25, 0.3) is 0 Å². The molecule has 1 aromatic rings. The van der Waals surface area contributed by atoms with E-state index in [0.29, 0.717) is 6.10 Å². The van der Waals surface area contributed by atoms with Crippen molar-refractivity contribution in [2.24, 2.45) is 0 Å². The molecule has 4 nitrogen and oxygen atoms in total. The number of nitrogens with zero attached hydrogens (tertiary/aromatic N) is 1. The van der Waals surface area contributed by atoms with Gasteiger partial charge in [-0.1, -0.05) is 6.92 Å². The third-order valence-corrected chi connectivity index (χ3v) is 2.99. The molecule has 0 aromatic carbocycles. The third-order valence-electron chi connectivity index (χ3n) is 2.99. The summed E-state index contributed by atoms with van der Waals surface area (Å²) in [6.45, 7) is 4.77. The number of nitrogens with one attached hydrogen (secondary N) is 1. The standard InChI is InChI=1S/C12H20N2O2/c1-2-13-8-11-12(16-9-14-11)6-5-10-4-3-7-15-10/h9-10,13H,2-8H2,1H3. The highest BCUT2D eigenvalue weighted by atomic mass is 16.5. The highest BCUT2D eigenvalue weighted by Gasteiger charge is 2.17. The van der Waals surface area contributed by atoms with Gasteiger partial charge >= 0.3 is 0 Å². The van der Waals surface area contributed by atoms with Gasteiger partial charge < -0.3 is 14.5 Å². The number of hydrogen-bond donors (Lipinski definition) is 1. The van der Waals surface area contributed by atoms with Crippen LogP contribution in [0.5, 0.6) is 0 Å². The number of aryl methyl sites for hydroxylation is 1. The van der Waals surface area contributed by atoms with Crippen molar-refractivity contribution >= 4 is 0 Å². The lowest BCUT2D eigenvalue weighted by Gasteiger charge is -2.08. The Balaban J connectivity index is 1.80. The minimum atomic E-state index is 0.428. The largest absolute Gasteiger partial charge is 0.448 e. The lowest BCUT2D eigenvalue weighted by Crippen LogP contribution is -2.14. The van der Waals surface area contributed by atoms with Crippen LogP contribution in [0.1, 0.15) is 37.6 Å². The number of aromatic nitrogens is 1. The highest BCUT2D eigenvalue weighted by Crippen LogP contribution is 2.19. The summed E-state index contributed by atoms with van der Waals surface area (Å²) < 4.78 is 11.0. The monoisotopic (exact) mass is 224 g/mol. The van der Waals surface area contributed by atoms with Gasteiger partial charge in [-0.3, -0.25) is 0 Å². The predicted octanol–water partition coefficient (Wildman–Crippen LogP) is 1.90. The smallest absolute Gasteiger partial charge is 0.181 e. The summed E-state index contributed by atoms with van der Waals surface area (Å²) >= 11 is 0. The van der Waals surface area contributed by atoms with E-state index < -0.39 is 0 Å². The summed E-state index contributed by atoms with van der Waals surface area (Å²) in [7, 11) is 0. The van der Waals surface area contributed by atoms with Gasteiger partial charge in [0.1, 0.15) is 5.76 Å². The highest BCUT2D eigenvalue weighted by molar-refractivity contribution is 5.07. The Bertz CT molecular complexity index is 306. The van der Waals surface area contributed by atoms with Crippen LogP contribution in [-0.2, 0) is 17.7 Å². The summed E-state index contributed by atoms with van der Waals surface area (Å²) in [4.78, 5) is 4.23. The molecule has 2 rings (SSSR count). The van der Waals surface area contributed by atoms with E-state index in [4.69, 9.17) is 9.15 Å². The molecule has 0 aliphatic carbocycles. The van der Waals surface area contributed by atoms with Crippen molar-refractivity contribution in [3.63, 3.8) is 0 Å². The fraction of sp³-hybridized carbons (Fsp3) is 0.750. The average Bonchev–Trinajstić information content (AvgIpc) is 2.94. The lowest BCUT2D eigenvalue weighted by atomic mass is 10.1. The van der Waals surface area contributed by atoms with Crippen molar-refractivity contribution in [3.8, 4) is 0 Å². The van der Waals surface area contributed by atoms with E-state index in [2.05, 4.69) is 17.2 Å². The van der Waals surface area contributed by atoms with Crippen LogP contribution in [-0.4, -0.2) is 24.2 Å². The van der Waals surface area contributed by atoms with Gasteiger partial charge in [0, 0.05) is 19.6 Å².